The molecule has 3 aromatic heterocycles. The van der Waals surface area contributed by atoms with E-state index in [1.807, 2.05) is 18.2 Å². The van der Waals surface area contributed by atoms with E-state index in [-0.39, 0.29) is 18.3 Å². The van der Waals surface area contributed by atoms with Gasteiger partial charge in [0.25, 0.3) is 0 Å². The molecule has 9 nitrogen and oxygen atoms in total. The number of aromatic nitrogens is 5. The number of pyridine rings is 1. The standard InChI is InChI=1S/C23H23FN8O/c24-18-6-4-17(5-7-18)13-26-21(33)15-32-23-19(14-29-32)22(27-16-28-23)31-11-9-30(10-12-31)20-3-1-2-8-25-20/h1-8,14,16H,9-13,15H2,(H,26,33). The van der Waals surface area contributed by atoms with Crippen LogP contribution >= 0.6 is 0 Å². The number of fused-ring (bicyclic) bond motifs is 1. The Bertz CT molecular complexity index is 1240. The van der Waals surface area contributed by atoms with E-state index in [2.05, 4.69) is 35.2 Å². The van der Waals surface area contributed by atoms with Crippen LogP contribution in [0.3, 0.4) is 0 Å². The van der Waals surface area contributed by atoms with E-state index in [0.717, 1.165) is 48.8 Å². The first kappa shape index (κ1) is 20.8. The average molecular weight is 446 g/mol. The van der Waals surface area contributed by atoms with Gasteiger partial charge in [-0.2, -0.15) is 5.10 Å². The molecular formula is C23H23FN8O. The van der Waals surface area contributed by atoms with E-state index in [4.69, 9.17) is 0 Å². The van der Waals surface area contributed by atoms with Crippen molar-refractivity contribution >= 4 is 28.6 Å². The van der Waals surface area contributed by atoms with E-state index in [1.54, 1.807) is 29.2 Å². The van der Waals surface area contributed by atoms with Gasteiger partial charge < -0.3 is 15.1 Å². The van der Waals surface area contributed by atoms with Crippen LogP contribution in [0.4, 0.5) is 16.0 Å². The third-order valence-electron chi connectivity index (χ3n) is 5.66. The van der Waals surface area contributed by atoms with E-state index in [1.165, 1.54) is 18.5 Å². The number of hydrogen-bond acceptors (Lipinski definition) is 7. The van der Waals surface area contributed by atoms with Gasteiger partial charge in [0.1, 0.15) is 30.3 Å². The summed E-state index contributed by atoms with van der Waals surface area (Å²) in [5.74, 6) is 1.29. The lowest BCUT2D eigenvalue weighted by Crippen LogP contribution is -2.47. The Kier molecular flexibility index (Phi) is 5.79. The Balaban J connectivity index is 1.24. The summed E-state index contributed by atoms with van der Waals surface area (Å²) in [5.41, 5.74) is 1.44. The molecule has 0 saturated carbocycles. The van der Waals surface area contributed by atoms with E-state index in [9.17, 15) is 9.18 Å². The maximum absolute atomic E-state index is 13.0. The van der Waals surface area contributed by atoms with Gasteiger partial charge in [-0.05, 0) is 29.8 Å². The maximum atomic E-state index is 13.0. The van der Waals surface area contributed by atoms with Gasteiger partial charge in [-0.15, -0.1) is 0 Å². The second-order valence-electron chi connectivity index (χ2n) is 7.80. The van der Waals surface area contributed by atoms with E-state index >= 15 is 0 Å². The maximum Gasteiger partial charge on any atom is 0.242 e. The molecule has 1 amide bonds. The summed E-state index contributed by atoms with van der Waals surface area (Å²) in [6.07, 6.45) is 5.03. The fraction of sp³-hybridized carbons (Fsp3) is 0.261. The van der Waals surface area contributed by atoms with Crippen LogP contribution in [-0.2, 0) is 17.9 Å². The summed E-state index contributed by atoms with van der Waals surface area (Å²) in [6, 6.07) is 12.0. The molecule has 33 heavy (non-hydrogen) atoms. The second-order valence-corrected chi connectivity index (χ2v) is 7.80. The minimum absolute atomic E-state index is 0.0363. The number of anilines is 2. The van der Waals surface area contributed by atoms with Crippen molar-refractivity contribution in [2.75, 3.05) is 36.0 Å². The Morgan fingerprint density at radius 2 is 1.76 bits per heavy atom. The van der Waals surface area contributed by atoms with E-state index in [0.29, 0.717) is 12.2 Å². The van der Waals surface area contributed by atoms with Crippen molar-refractivity contribution in [3.8, 4) is 0 Å². The highest BCUT2D eigenvalue weighted by Crippen LogP contribution is 2.24. The largest absolute Gasteiger partial charge is 0.353 e. The molecule has 4 aromatic rings. The number of nitrogens with one attached hydrogen (secondary N) is 1. The van der Waals surface area contributed by atoms with Crippen molar-refractivity contribution in [2.24, 2.45) is 0 Å². The monoisotopic (exact) mass is 446 g/mol. The van der Waals surface area contributed by atoms with Crippen molar-refractivity contribution in [1.29, 1.82) is 0 Å². The van der Waals surface area contributed by atoms with Crippen molar-refractivity contribution in [3.63, 3.8) is 0 Å². The van der Waals surface area contributed by atoms with Gasteiger partial charge in [-0.3, -0.25) is 4.79 Å². The highest BCUT2D eigenvalue weighted by molar-refractivity contribution is 5.88. The van der Waals surface area contributed by atoms with Gasteiger partial charge in [-0.25, -0.2) is 24.0 Å². The molecule has 168 valence electrons. The van der Waals surface area contributed by atoms with Crippen LogP contribution in [-0.4, -0.2) is 56.8 Å². The lowest BCUT2D eigenvalue weighted by Gasteiger charge is -2.36. The van der Waals surface area contributed by atoms with Gasteiger partial charge in [-0.1, -0.05) is 18.2 Å². The second kappa shape index (κ2) is 9.19. The van der Waals surface area contributed by atoms with Crippen molar-refractivity contribution < 1.29 is 9.18 Å². The molecule has 1 aliphatic rings. The molecule has 0 spiro atoms. The molecule has 1 aromatic carbocycles. The van der Waals surface area contributed by atoms with Crippen molar-refractivity contribution in [1.82, 2.24) is 30.0 Å². The minimum atomic E-state index is -0.304. The molecule has 4 heterocycles. The van der Waals surface area contributed by atoms with Crippen LogP contribution in [0, 0.1) is 5.82 Å². The number of halogens is 1. The molecule has 1 aliphatic heterocycles. The molecule has 10 heteroatoms. The van der Waals surface area contributed by atoms with Crippen LogP contribution in [0.1, 0.15) is 5.56 Å². The van der Waals surface area contributed by atoms with Crippen LogP contribution in [0.25, 0.3) is 11.0 Å². The summed E-state index contributed by atoms with van der Waals surface area (Å²) in [7, 11) is 0. The van der Waals surface area contributed by atoms with Gasteiger partial charge in [0.05, 0.1) is 11.6 Å². The third kappa shape index (κ3) is 4.59. The number of benzene rings is 1. The van der Waals surface area contributed by atoms with Crippen LogP contribution in [0.15, 0.2) is 61.2 Å². The summed E-state index contributed by atoms with van der Waals surface area (Å²) in [6.45, 7) is 3.62. The van der Waals surface area contributed by atoms with E-state index < -0.39 is 0 Å². The number of carbonyl (C=O) groups excluding carboxylic acids is 1. The molecule has 1 saturated heterocycles. The number of piperazine rings is 1. The van der Waals surface area contributed by atoms with Crippen LogP contribution in [0.2, 0.25) is 0 Å². The zero-order valence-electron chi connectivity index (χ0n) is 17.9. The normalized spacial score (nSPS) is 14.0. The molecule has 1 N–H and O–H groups in total. The van der Waals surface area contributed by atoms with Gasteiger partial charge in [0.2, 0.25) is 5.91 Å². The molecule has 5 rings (SSSR count). The highest BCUT2D eigenvalue weighted by Gasteiger charge is 2.22. The predicted molar refractivity (Wildman–Crippen MR) is 122 cm³/mol. The molecule has 1 fully saturated rings. The zero-order valence-corrected chi connectivity index (χ0v) is 17.9. The van der Waals surface area contributed by atoms with Crippen molar-refractivity contribution in [3.05, 3.63) is 72.6 Å². The third-order valence-corrected chi connectivity index (χ3v) is 5.66. The molecular weight excluding hydrogens is 423 g/mol. The number of nitrogens with zero attached hydrogens (tertiary/aromatic N) is 7. The molecule has 0 unspecified atom stereocenters. The SMILES string of the molecule is O=C(Cn1ncc2c(N3CCN(c4ccccn4)CC3)ncnc21)NCc1ccc(F)cc1. The van der Waals surface area contributed by atoms with Gasteiger partial charge in [0, 0.05) is 38.9 Å². The fourth-order valence-corrected chi connectivity index (χ4v) is 3.93. The first-order chi connectivity index (χ1) is 16.2. The topological polar surface area (TPSA) is 92.1 Å². The summed E-state index contributed by atoms with van der Waals surface area (Å²) in [4.78, 5) is 30.2. The Morgan fingerprint density at radius 1 is 0.970 bits per heavy atom. The Labute approximate surface area is 189 Å². The van der Waals surface area contributed by atoms with Crippen LogP contribution in [0.5, 0.6) is 0 Å². The lowest BCUT2D eigenvalue weighted by atomic mass is 10.2. The minimum Gasteiger partial charge on any atom is -0.353 e. The predicted octanol–water partition coefficient (Wildman–Crippen LogP) is 2.00. The summed E-state index contributed by atoms with van der Waals surface area (Å²) in [5, 5.41) is 8.02. The molecule has 0 atom stereocenters. The first-order valence-corrected chi connectivity index (χ1v) is 10.8. The number of amides is 1. The quantitative estimate of drug-likeness (QED) is 0.484. The molecule has 0 bridgehead atoms. The molecule has 0 radical (unpaired) electrons. The van der Waals surface area contributed by atoms with Crippen LogP contribution < -0.4 is 15.1 Å². The average Bonchev–Trinajstić information content (AvgIpc) is 3.27. The number of hydrogen-bond donors (Lipinski definition) is 1. The summed E-state index contributed by atoms with van der Waals surface area (Å²) >= 11 is 0. The highest BCUT2D eigenvalue weighted by atomic mass is 19.1. The van der Waals surface area contributed by atoms with Gasteiger partial charge in [0.15, 0.2) is 5.65 Å². The smallest absolute Gasteiger partial charge is 0.242 e. The van der Waals surface area contributed by atoms with Gasteiger partial charge >= 0.3 is 0 Å². The van der Waals surface area contributed by atoms with Crippen molar-refractivity contribution in [2.45, 2.75) is 13.1 Å². The molecule has 0 aliphatic carbocycles. The Hall–Kier alpha value is -4.08. The Morgan fingerprint density at radius 3 is 2.52 bits per heavy atom. The number of carbonyl (C=O) groups is 1. The first-order valence-electron chi connectivity index (χ1n) is 10.8. The lowest BCUT2D eigenvalue weighted by molar-refractivity contribution is -0.121. The zero-order chi connectivity index (χ0) is 22.6. The summed E-state index contributed by atoms with van der Waals surface area (Å²) < 4.78 is 14.6. The fourth-order valence-electron chi connectivity index (χ4n) is 3.93. The number of rotatable bonds is 6.